The SMILES string of the molecule is Cc1nc(-c2ccc(Br)cn2)nc(C)c1CNCC(C)C. The van der Waals surface area contributed by atoms with Crippen LogP contribution in [0.5, 0.6) is 0 Å². The number of halogens is 1. The number of nitrogens with zero attached hydrogens (tertiary/aromatic N) is 3. The van der Waals surface area contributed by atoms with Crippen LogP contribution in [0, 0.1) is 19.8 Å². The van der Waals surface area contributed by atoms with E-state index in [0.717, 1.165) is 34.6 Å². The number of rotatable bonds is 5. The lowest BCUT2D eigenvalue weighted by molar-refractivity contribution is 0.549. The van der Waals surface area contributed by atoms with E-state index >= 15 is 0 Å². The summed E-state index contributed by atoms with van der Waals surface area (Å²) in [7, 11) is 0. The molecule has 0 aliphatic heterocycles. The first kappa shape index (κ1) is 16.0. The zero-order valence-electron chi connectivity index (χ0n) is 12.9. The number of hydrogen-bond donors (Lipinski definition) is 1. The van der Waals surface area contributed by atoms with Crippen molar-refractivity contribution < 1.29 is 0 Å². The zero-order valence-corrected chi connectivity index (χ0v) is 14.5. The van der Waals surface area contributed by atoms with Crippen molar-refractivity contribution in [1.82, 2.24) is 20.3 Å². The van der Waals surface area contributed by atoms with Crippen LogP contribution in [0.25, 0.3) is 11.5 Å². The molecule has 0 aliphatic rings. The van der Waals surface area contributed by atoms with Crippen LogP contribution in [0.4, 0.5) is 0 Å². The Morgan fingerprint density at radius 1 is 1.14 bits per heavy atom. The molecule has 5 heteroatoms. The Balaban J connectivity index is 2.22. The maximum Gasteiger partial charge on any atom is 0.178 e. The fourth-order valence-corrected chi connectivity index (χ4v) is 2.34. The van der Waals surface area contributed by atoms with Crippen LogP contribution in [-0.4, -0.2) is 21.5 Å². The second kappa shape index (κ2) is 7.09. The molecule has 2 aromatic heterocycles. The minimum absolute atomic E-state index is 0.637. The van der Waals surface area contributed by atoms with E-state index in [1.54, 1.807) is 6.20 Å². The highest BCUT2D eigenvalue weighted by molar-refractivity contribution is 9.10. The van der Waals surface area contributed by atoms with E-state index in [9.17, 15) is 0 Å². The van der Waals surface area contributed by atoms with Crippen molar-refractivity contribution in [2.75, 3.05) is 6.54 Å². The Kier molecular flexibility index (Phi) is 5.42. The van der Waals surface area contributed by atoms with Crippen molar-refractivity contribution in [3.63, 3.8) is 0 Å². The molecule has 0 aliphatic carbocycles. The number of hydrogen-bond acceptors (Lipinski definition) is 4. The maximum absolute atomic E-state index is 4.60. The highest BCUT2D eigenvalue weighted by atomic mass is 79.9. The molecular weight excluding hydrogens is 328 g/mol. The van der Waals surface area contributed by atoms with Gasteiger partial charge in [-0.25, -0.2) is 9.97 Å². The maximum atomic E-state index is 4.60. The van der Waals surface area contributed by atoms with Crippen LogP contribution >= 0.6 is 15.9 Å². The van der Waals surface area contributed by atoms with Crippen LogP contribution in [0.1, 0.15) is 30.8 Å². The fraction of sp³-hybridized carbons (Fsp3) is 0.438. The van der Waals surface area contributed by atoms with Gasteiger partial charge in [-0.2, -0.15) is 0 Å². The summed E-state index contributed by atoms with van der Waals surface area (Å²) in [5.74, 6) is 1.32. The summed E-state index contributed by atoms with van der Waals surface area (Å²) in [4.78, 5) is 13.6. The molecule has 2 rings (SSSR count). The first-order valence-corrected chi connectivity index (χ1v) is 7.93. The van der Waals surface area contributed by atoms with Crippen molar-refractivity contribution >= 4 is 15.9 Å². The monoisotopic (exact) mass is 348 g/mol. The number of pyridine rings is 1. The average molecular weight is 349 g/mol. The third-order valence-corrected chi connectivity index (χ3v) is 3.70. The average Bonchev–Trinajstić information content (AvgIpc) is 2.42. The molecular formula is C16H21BrN4. The van der Waals surface area contributed by atoms with Gasteiger partial charge in [-0.1, -0.05) is 13.8 Å². The van der Waals surface area contributed by atoms with Gasteiger partial charge in [0.2, 0.25) is 0 Å². The minimum Gasteiger partial charge on any atom is -0.312 e. The Labute approximate surface area is 134 Å². The summed E-state index contributed by atoms with van der Waals surface area (Å²) in [6, 6.07) is 3.88. The van der Waals surface area contributed by atoms with Gasteiger partial charge in [0.1, 0.15) is 5.69 Å². The molecule has 21 heavy (non-hydrogen) atoms. The molecule has 4 nitrogen and oxygen atoms in total. The van der Waals surface area contributed by atoms with Gasteiger partial charge in [0.15, 0.2) is 5.82 Å². The molecule has 0 saturated carbocycles. The Morgan fingerprint density at radius 2 is 1.81 bits per heavy atom. The Hall–Kier alpha value is -1.33. The van der Waals surface area contributed by atoms with Crippen molar-refractivity contribution in [2.45, 2.75) is 34.2 Å². The lowest BCUT2D eigenvalue weighted by Gasteiger charge is -2.12. The van der Waals surface area contributed by atoms with E-state index in [1.807, 2.05) is 26.0 Å². The van der Waals surface area contributed by atoms with E-state index < -0.39 is 0 Å². The molecule has 0 spiro atoms. The topological polar surface area (TPSA) is 50.7 Å². The van der Waals surface area contributed by atoms with Gasteiger partial charge in [-0.05, 0) is 54.4 Å². The predicted molar refractivity (Wildman–Crippen MR) is 89.0 cm³/mol. The quantitative estimate of drug-likeness (QED) is 0.895. The van der Waals surface area contributed by atoms with E-state index in [-0.39, 0.29) is 0 Å². The summed E-state index contributed by atoms with van der Waals surface area (Å²) in [5.41, 5.74) is 4.00. The third-order valence-electron chi connectivity index (χ3n) is 3.23. The van der Waals surface area contributed by atoms with Gasteiger partial charge in [0, 0.05) is 34.2 Å². The smallest absolute Gasteiger partial charge is 0.178 e. The van der Waals surface area contributed by atoms with Crippen LogP contribution in [0.3, 0.4) is 0 Å². The molecule has 0 atom stereocenters. The van der Waals surface area contributed by atoms with Gasteiger partial charge < -0.3 is 5.32 Å². The van der Waals surface area contributed by atoms with Crippen molar-refractivity contribution in [2.24, 2.45) is 5.92 Å². The third kappa shape index (κ3) is 4.32. The van der Waals surface area contributed by atoms with Crippen LogP contribution in [-0.2, 0) is 6.54 Å². The standard InChI is InChI=1S/C16H21BrN4/c1-10(2)7-18-9-14-11(3)20-16(21-12(14)4)15-6-5-13(17)8-19-15/h5-6,8,10,18H,7,9H2,1-4H3. The summed E-state index contributed by atoms with van der Waals surface area (Å²) >= 11 is 3.39. The molecule has 0 fully saturated rings. The van der Waals surface area contributed by atoms with E-state index in [4.69, 9.17) is 0 Å². The predicted octanol–water partition coefficient (Wildman–Crippen LogP) is 3.66. The largest absolute Gasteiger partial charge is 0.312 e. The molecule has 2 aromatic rings. The first-order valence-electron chi connectivity index (χ1n) is 7.14. The molecule has 2 heterocycles. The highest BCUT2D eigenvalue weighted by Crippen LogP contribution is 2.18. The molecule has 112 valence electrons. The summed E-state index contributed by atoms with van der Waals surface area (Å²) in [6.07, 6.45) is 1.77. The summed E-state index contributed by atoms with van der Waals surface area (Å²) in [5, 5.41) is 3.45. The number of aryl methyl sites for hydroxylation is 2. The van der Waals surface area contributed by atoms with E-state index in [2.05, 4.69) is 50.0 Å². The van der Waals surface area contributed by atoms with Crippen molar-refractivity contribution in [3.8, 4) is 11.5 Å². The van der Waals surface area contributed by atoms with Gasteiger partial charge in [-0.15, -0.1) is 0 Å². The second-order valence-electron chi connectivity index (χ2n) is 5.58. The van der Waals surface area contributed by atoms with Gasteiger partial charge in [0.25, 0.3) is 0 Å². The molecule has 1 N–H and O–H groups in total. The van der Waals surface area contributed by atoms with Crippen LogP contribution < -0.4 is 5.32 Å². The zero-order chi connectivity index (χ0) is 15.4. The summed E-state index contributed by atoms with van der Waals surface area (Å²) in [6.45, 7) is 10.3. The molecule has 0 bridgehead atoms. The molecule has 0 saturated heterocycles. The lowest BCUT2D eigenvalue weighted by Crippen LogP contribution is -2.21. The van der Waals surface area contributed by atoms with Gasteiger partial charge in [-0.3, -0.25) is 4.98 Å². The number of nitrogens with one attached hydrogen (secondary N) is 1. The molecule has 0 radical (unpaired) electrons. The van der Waals surface area contributed by atoms with Crippen LogP contribution in [0.15, 0.2) is 22.8 Å². The molecule has 0 amide bonds. The molecule has 0 unspecified atom stereocenters. The Morgan fingerprint density at radius 3 is 2.33 bits per heavy atom. The minimum atomic E-state index is 0.637. The first-order chi connectivity index (χ1) is 9.97. The lowest BCUT2D eigenvalue weighted by atomic mass is 10.1. The highest BCUT2D eigenvalue weighted by Gasteiger charge is 2.10. The number of aromatic nitrogens is 3. The van der Waals surface area contributed by atoms with Crippen molar-refractivity contribution in [1.29, 1.82) is 0 Å². The Bertz CT molecular complexity index is 585. The van der Waals surface area contributed by atoms with Crippen molar-refractivity contribution in [3.05, 3.63) is 39.8 Å². The van der Waals surface area contributed by atoms with E-state index in [1.165, 1.54) is 5.56 Å². The second-order valence-corrected chi connectivity index (χ2v) is 6.50. The van der Waals surface area contributed by atoms with E-state index in [0.29, 0.717) is 11.7 Å². The normalized spacial score (nSPS) is 11.1. The van der Waals surface area contributed by atoms with Gasteiger partial charge >= 0.3 is 0 Å². The van der Waals surface area contributed by atoms with Crippen LogP contribution in [0.2, 0.25) is 0 Å². The fourth-order valence-electron chi connectivity index (χ4n) is 2.10. The van der Waals surface area contributed by atoms with Gasteiger partial charge in [0.05, 0.1) is 0 Å². The summed E-state index contributed by atoms with van der Waals surface area (Å²) < 4.78 is 0.953. The molecule has 0 aromatic carbocycles.